The normalized spacial score (nSPS) is 48.2. The minimum Gasteiger partial charge on any atom is -0.366 e. The third-order valence-corrected chi connectivity index (χ3v) is 3.61. The quantitative estimate of drug-likeness (QED) is 0.583. The number of alkyl halides is 1. The molecule has 70 valence electrons. The van der Waals surface area contributed by atoms with E-state index in [0.717, 1.165) is 19.3 Å². The fourth-order valence-corrected chi connectivity index (χ4v) is 2.32. The largest absolute Gasteiger partial charge is 0.366 e. The lowest BCUT2D eigenvalue weighted by molar-refractivity contribution is 0.223. The van der Waals surface area contributed by atoms with Crippen LogP contribution in [-0.4, -0.2) is 18.4 Å². The Balaban J connectivity index is 1.89. The van der Waals surface area contributed by atoms with Crippen molar-refractivity contribution in [3.05, 3.63) is 0 Å². The average molecular weight is 172 g/mol. The molecule has 4 unspecified atom stereocenters. The van der Waals surface area contributed by atoms with E-state index in [2.05, 4.69) is 6.92 Å². The highest BCUT2D eigenvalue weighted by atomic mass is 19.1. The number of rotatable bonds is 2. The maximum Gasteiger partial charge on any atom is 0.0922 e. The third-order valence-electron chi connectivity index (χ3n) is 3.61. The van der Waals surface area contributed by atoms with Crippen LogP contribution in [0, 0.1) is 11.8 Å². The number of ether oxygens (including phenoxy) is 1. The van der Waals surface area contributed by atoms with Gasteiger partial charge in [0.25, 0.3) is 0 Å². The van der Waals surface area contributed by atoms with Gasteiger partial charge in [-0.25, -0.2) is 0 Å². The van der Waals surface area contributed by atoms with Crippen molar-refractivity contribution in [2.24, 2.45) is 11.8 Å². The zero-order chi connectivity index (χ0) is 8.77. The number of fused-ring (bicyclic) bond motifs is 1. The summed E-state index contributed by atoms with van der Waals surface area (Å²) in [5, 5.41) is 0. The molecule has 0 radical (unpaired) electrons. The Morgan fingerprint density at radius 1 is 1.67 bits per heavy atom. The molecule has 2 heteroatoms. The molecule has 2 rings (SSSR count). The summed E-state index contributed by atoms with van der Waals surface area (Å²) in [6, 6.07) is 0. The fraction of sp³-hybridized carbons (Fsp3) is 1.00. The van der Waals surface area contributed by atoms with Gasteiger partial charge in [0, 0.05) is 0 Å². The van der Waals surface area contributed by atoms with E-state index >= 15 is 0 Å². The van der Waals surface area contributed by atoms with Crippen molar-refractivity contribution in [3.8, 4) is 0 Å². The van der Waals surface area contributed by atoms with Crippen molar-refractivity contribution in [2.45, 2.75) is 44.8 Å². The highest BCUT2D eigenvalue weighted by Crippen LogP contribution is 2.50. The van der Waals surface area contributed by atoms with E-state index in [4.69, 9.17) is 4.74 Å². The van der Waals surface area contributed by atoms with Crippen molar-refractivity contribution in [3.63, 3.8) is 0 Å². The zero-order valence-corrected chi connectivity index (χ0v) is 7.85. The van der Waals surface area contributed by atoms with Gasteiger partial charge in [-0.05, 0) is 38.0 Å². The van der Waals surface area contributed by atoms with E-state index < -0.39 is 0 Å². The number of epoxide rings is 1. The fourth-order valence-electron chi connectivity index (χ4n) is 2.32. The van der Waals surface area contributed by atoms with Gasteiger partial charge in [0.2, 0.25) is 0 Å². The topological polar surface area (TPSA) is 12.5 Å². The Kier molecular flexibility index (Phi) is 1.90. The molecule has 0 N–H and O–H groups in total. The van der Waals surface area contributed by atoms with Crippen LogP contribution in [0.4, 0.5) is 4.39 Å². The average Bonchev–Trinajstić information content (AvgIpc) is 2.73. The molecule has 0 spiro atoms. The smallest absolute Gasteiger partial charge is 0.0922 e. The Morgan fingerprint density at radius 3 is 3.00 bits per heavy atom. The molecule has 1 nitrogen and oxygen atoms in total. The van der Waals surface area contributed by atoms with Crippen molar-refractivity contribution >= 4 is 0 Å². The first kappa shape index (κ1) is 8.49. The van der Waals surface area contributed by atoms with Gasteiger partial charge >= 0.3 is 0 Å². The molecule has 1 aliphatic heterocycles. The Hall–Kier alpha value is -0.110. The monoisotopic (exact) mass is 172 g/mol. The molecule has 1 saturated carbocycles. The molecule has 0 aromatic rings. The van der Waals surface area contributed by atoms with E-state index in [1.807, 2.05) is 6.92 Å². The van der Waals surface area contributed by atoms with Crippen LogP contribution >= 0.6 is 0 Å². The second kappa shape index (κ2) is 2.69. The molecule has 2 aliphatic rings. The summed E-state index contributed by atoms with van der Waals surface area (Å²) in [6.07, 6.45) is 3.82. The van der Waals surface area contributed by atoms with Crippen molar-refractivity contribution < 1.29 is 9.13 Å². The minimum atomic E-state index is -0.173. The van der Waals surface area contributed by atoms with Gasteiger partial charge in [-0.3, -0.25) is 4.39 Å². The lowest BCUT2D eigenvalue weighted by Gasteiger charge is -2.25. The summed E-state index contributed by atoms with van der Waals surface area (Å²) in [4.78, 5) is 0. The third kappa shape index (κ3) is 1.26. The summed E-state index contributed by atoms with van der Waals surface area (Å²) in [6.45, 7) is 4.01. The first-order valence-corrected chi connectivity index (χ1v) is 4.89. The van der Waals surface area contributed by atoms with Crippen LogP contribution < -0.4 is 0 Å². The van der Waals surface area contributed by atoms with Crippen LogP contribution in [0.25, 0.3) is 0 Å². The summed E-state index contributed by atoms with van der Waals surface area (Å²) in [5.41, 5.74) is 0.187. The van der Waals surface area contributed by atoms with Crippen LogP contribution in [-0.2, 0) is 4.74 Å². The van der Waals surface area contributed by atoms with Crippen molar-refractivity contribution in [1.29, 1.82) is 0 Å². The van der Waals surface area contributed by atoms with E-state index in [1.54, 1.807) is 0 Å². The molecule has 12 heavy (non-hydrogen) atoms. The lowest BCUT2D eigenvalue weighted by atomic mass is 9.77. The molecule has 0 aromatic heterocycles. The van der Waals surface area contributed by atoms with Gasteiger partial charge in [-0.15, -0.1) is 0 Å². The van der Waals surface area contributed by atoms with Crippen molar-refractivity contribution in [2.75, 3.05) is 6.67 Å². The lowest BCUT2D eigenvalue weighted by Crippen LogP contribution is -2.25. The molecule has 1 heterocycles. The highest BCUT2D eigenvalue weighted by molar-refractivity contribution is 5.03. The second-order valence-corrected chi connectivity index (χ2v) is 4.59. The molecule has 0 aromatic carbocycles. The van der Waals surface area contributed by atoms with Crippen LogP contribution in [0.2, 0.25) is 0 Å². The van der Waals surface area contributed by atoms with Gasteiger partial charge < -0.3 is 4.74 Å². The molecular formula is C10H17FO. The number of halogens is 1. The zero-order valence-electron chi connectivity index (χ0n) is 7.85. The molecule has 0 amide bonds. The van der Waals surface area contributed by atoms with Crippen LogP contribution in [0.3, 0.4) is 0 Å². The van der Waals surface area contributed by atoms with Gasteiger partial charge in [0.05, 0.1) is 18.4 Å². The molecule has 0 bridgehead atoms. The minimum absolute atomic E-state index is 0.173. The van der Waals surface area contributed by atoms with Crippen LogP contribution in [0.5, 0.6) is 0 Å². The Bertz CT molecular complexity index is 183. The molecular weight excluding hydrogens is 155 g/mol. The van der Waals surface area contributed by atoms with Gasteiger partial charge in [-0.1, -0.05) is 6.92 Å². The maximum atomic E-state index is 12.4. The SMILES string of the molecule is CC(CF)C1CCC2(C)OC2C1. The number of hydrogen-bond acceptors (Lipinski definition) is 1. The van der Waals surface area contributed by atoms with Crippen LogP contribution in [0.1, 0.15) is 33.1 Å². The van der Waals surface area contributed by atoms with E-state index in [1.165, 1.54) is 0 Å². The molecule has 1 aliphatic carbocycles. The second-order valence-electron chi connectivity index (χ2n) is 4.59. The van der Waals surface area contributed by atoms with E-state index in [9.17, 15) is 4.39 Å². The summed E-state index contributed by atoms with van der Waals surface area (Å²) >= 11 is 0. The molecule has 1 saturated heterocycles. The molecule has 4 atom stereocenters. The van der Waals surface area contributed by atoms with E-state index in [-0.39, 0.29) is 18.2 Å². The Morgan fingerprint density at radius 2 is 2.42 bits per heavy atom. The first-order chi connectivity index (χ1) is 5.65. The first-order valence-electron chi connectivity index (χ1n) is 4.89. The summed E-state index contributed by atoms with van der Waals surface area (Å²) in [5.74, 6) is 0.800. The van der Waals surface area contributed by atoms with E-state index in [0.29, 0.717) is 12.0 Å². The Labute approximate surface area is 73.3 Å². The maximum absolute atomic E-state index is 12.4. The standard InChI is InChI=1S/C10H17FO/c1-7(6-11)8-3-4-10(2)9(5-8)12-10/h7-9H,3-6H2,1-2H3. The van der Waals surface area contributed by atoms with Gasteiger partial charge in [0.1, 0.15) is 0 Å². The van der Waals surface area contributed by atoms with Gasteiger partial charge in [0.15, 0.2) is 0 Å². The van der Waals surface area contributed by atoms with Crippen LogP contribution in [0.15, 0.2) is 0 Å². The highest BCUT2D eigenvalue weighted by Gasteiger charge is 2.55. The predicted molar refractivity (Wildman–Crippen MR) is 45.8 cm³/mol. The number of hydrogen-bond donors (Lipinski definition) is 0. The van der Waals surface area contributed by atoms with Gasteiger partial charge in [-0.2, -0.15) is 0 Å². The van der Waals surface area contributed by atoms with Crippen molar-refractivity contribution in [1.82, 2.24) is 0 Å². The summed E-state index contributed by atoms with van der Waals surface area (Å²) in [7, 11) is 0. The molecule has 2 fully saturated rings. The predicted octanol–water partition coefficient (Wildman–Crippen LogP) is 2.55. The summed E-state index contributed by atoms with van der Waals surface area (Å²) < 4.78 is 17.9.